The summed E-state index contributed by atoms with van der Waals surface area (Å²) in [5.41, 5.74) is 0.115. The molecule has 0 amide bonds. The van der Waals surface area contributed by atoms with Crippen molar-refractivity contribution in [2.75, 3.05) is 17.2 Å². The Morgan fingerprint density at radius 3 is 2.46 bits per heavy atom. The van der Waals surface area contributed by atoms with E-state index in [1.165, 1.54) is 12.8 Å². The number of ether oxygens (including phenoxy) is 2. The third-order valence-electron chi connectivity index (χ3n) is 5.67. The summed E-state index contributed by atoms with van der Waals surface area (Å²) in [5, 5.41) is 5.74. The molecule has 1 saturated carbocycles. The molecule has 6 nitrogen and oxygen atoms in total. The minimum atomic E-state index is -4.62. The van der Waals surface area contributed by atoms with Crippen molar-refractivity contribution in [3.63, 3.8) is 0 Å². The maximum atomic E-state index is 13.6. The van der Waals surface area contributed by atoms with Gasteiger partial charge in [0.15, 0.2) is 0 Å². The number of alkyl halides is 3. The van der Waals surface area contributed by atoms with Gasteiger partial charge >= 0.3 is 6.18 Å². The van der Waals surface area contributed by atoms with Crippen LogP contribution < -0.4 is 20.1 Å². The molecule has 2 N–H and O–H groups in total. The molecule has 0 saturated heterocycles. The van der Waals surface area contributed by atoms with Gasteiger partial charge in [0.05, 0.1) is 12.7 Å². The average molecular weight is 487 g/mol. The maximum Gasteiger partial charge on any atom is 0.421 e. The third-order valence-corrected chi connectivity index (χ3v) is 5.67. The van der Waals surface area contributed by atoms with Crippen molar-refractivity contribution in [1.29, 1.82) is 0 Å². The Morgan fingerprint density at radius 1 is 0.971 bits per heavy atom. The summed E-state index contributed by atoms with van der Waals surface area (Å²) in [4.78, 5) is 7.99. The van der Waals surface area contributed by atoms with E-state index in [2.05, 4.69) is 27.5 Å². The fourth-order valence-corrected chi connectivity index (χ4v) is 3.82. The minimum Gasteiger partial charge on any atom is -0.494 e. The maximum absolute atomic E-state index is 13.6. The van der Waals surface area contributed by atoms with Gasteiger partial charge in [0.1, 0.15) is 22.9 Å². The first-order chi connectivity index (χ1) is 16.9. The topological polar surface area (TPSA) is 68.3 Å². The lowest BCUT2D eigenvalue weighted by molar-refractivity contribution is -0.137. The fourth-order valence-electron chi connectivity index (χ4n) is 3.82. The van der Waals surface area contributed by atoms with E-state index < -0.39 is 11.7 Å². The van der Waals surface area contributed by atoms with E-state index in [9.17, 15) is 13.2 Å². The lowest BCUT2D eigenvalue weighted by Crippen LogP contribution is -2.13. The van der Waals surface area contributed by atoms with Gasteiger partial charge < -0.3 is 20.1 Å². The van der Waals surface area contributed by atoms with Gasteiger partial charge in [0.25, 0.3) is 0 Å². The van der Waals surface area contributed by atoms with Gasteiger partial charge in [0, 0.05) is 23.6 Å². The molecule has 0 atom stereocenters. The number of hydrogen-bond acceptors (Lipinski definition) is 6. The van der Waals surface area contributed by atoms with Crippen LogP contribution in [0.25, 0.3) is 0 Å². The molecule has 1 aromatic heterocycles. The molecule has 1 aliphatic carbocycles. The number of nitrogens with one attached hydrogen (secondary N) is 2. The molecule has 0 aliphatic heterocycles. The van der Waals surface area contributed by atoms with Crippen molar-refractivity contribution in [2.45, 2.75) is 57.7 Å². The van der Waals surface area contributed by atoms with Crippen molar-refractivity contribution in [1.82, 2.24) is 9.97 Å². The number of halogens is 3. The molecule has 1 heterocycles. The third kappa shape index (κ3) is 7.00. The summed E-state index contributed by atoms with van der Waals surface area (Å²) in [6.07, 6.45) is 2.77. The molecule has 0 radical (unpaired) electrons. The predicted molar refractivity (Wildman–Crippen MR) is 130 cm³/mol. The molecule has 0 bridgehead atoms. The Morgan fingerprint density at radius 2 is 1.74 bits per heavy atom. The van der Waals surface area contributed by atoms with Crippen LogP contribution in [0.2, 0.25) is 0 Å². The summed E-state index contributed by atoms with van der Waals surface area (Å²) >= 11 is 0. The Bertz CT molecular complexity index is 1100. The van der Waals surface area contributed by atoms with Crippen LogP contribution in [0.5, 0.6) is 11.5 Å². The van der Waals surface area contributed by atoms with Crippen LogP contribution in [0, 0.1) is 0 Å². The van der Waals surface area contributed by atoms with E-state index in [1.54, 1.807) is 36.4 Å². The number of aromatic nitrogens is 2. The zero-order chi connectivity index (χ0) is 24.7. The molecule has 9 heteroatoms. The quantitative estimate of drug-likeness (QED) is 0.290. The van der Waals surface area contributed by atoms with Crippen molar-refractivity contribution in [3.8, 4) is 11.5 Å². The van der Waals surface area contributed by atoms with Crippen LogP contribution >= 0.6 is 0 Å². The van der Waals surface area contributed by atoms with Crippen molar-refractivity contribution >= 4 is 23.1 Å². The number of rotatable bonds is 10. The van der Waals surface area contributed by atoms with Gasteiger partial charge in [0.2, 0.25) is 5.95 Å². The highest BCUT2D eigenvalue weighted by Crippen LogP contribution is 2.36. The summed E-state index contributed by atoms with van der Waals surface area (Å²) in [6.45, 7) is 2.60. The van der Waals surface area contributed by atoms with Gasteiger partial charge in [-0.15, -0.1) is 0 Å². The number of benzene rings is 2. The van der Waals surface area contributed by atoms with Gasteiger partial charge in [-0.3, -0.25) is 0 Å². The van der Waals surface area contributed by atoms with E-state index in [0.717, 1.165) is 37.6 Å². The normalized spacial score (nSPS) is 14.1. The van der Waals surface area contributed by atoms with Crippen molar-refractivity contribution < 1.29 is 22.6 Å². The second-order valence-corrected chi connectivity index (χ2v) is 8.48. The zero-order valence-corrected chi connectivity index (χ0v) is 19.6. The molecule has 35 heavy (non-hydrogen) atoms. The second-order valence-electron chi connectivity index (χ2n) is 8.48. The smallest absolute Gasteiger partial charge is 0.421 e. The van der Waals surface area contributed by atoms with Gasteiger partial charge in [-0.05, 0) is 68.5 Å². The molecule has 3 aromatic rings. The van der Waals surface area contributed by atoms with E-state index in [0.29, 0.717) is 23.7 Å². The standard InChI is InChI=1S/C26H29F3N4O2/c1-2-3-15-34-22-10-6-7-19(16-22)31-24-23(26(27,28)29)17-30-25(33-24)32-18-11-13-21(14-12-18)35-20-8-4-5-9-20/h6-7,10-14,16-17,20H,2-5,8-9,15H2,1H3,(H2,30,31,32,33). The molecule has 2 aromatic carbocycles. The Hall–Kier alpha value is -3.49. The Balaban J connectivity index is 1.49. The molecule has 0 spiro atoms. The number of unbranched alkanes of at least 4 members (excludes halogenated alkanes) is 1. The molecular formula is C26H29F3N4O2. The molecule has 186 valence electrons. The van der Waals surface area contributed by atoms with Gasteiger partial charge in [-0.1, -0.05) is 19.4 Å². The van der Waals surface area contributed by atoms with Crippen molar-refractivity contribution in [2.24, 2.45) is 0 Å². The first kappa shape index (κ1) is 24.6. The van der Waals surface area contributed by atoms with Crippen LogP contribution in [0.3, 0.4) is 0 Å². The zero-order valence-electron chi connectivity index (χ0n) is 19.6. The first-order valence-electron chi connectivity index (χ1n) is 11.9. The predicted octanol–water partition coefficient (Wildman–Crippen LogP) is 7.48. The van der Waals surface area contributed by atoms with Crippen LogP contribution in [0.1, 0.15) is 51.0 Å². The van der Waals surface area contributed by atoms with Gasteiger partial charge in [-0.2, -0.15) is 18.2 Å². The fraction of sp³-hybridized carbons (Fsp3) is 0.385. The highest BCUT2D eigenvalue weighted by Gasteiger charge is 2.35. The van der Waals surface area contributed by atoms with E-state index in [-0.39, 0.29) is 17.9 Å². The second kappa shape index (κ2) is 11.3. The summed E-state index contributed by atoms with van der Waals surface area (Å²) in [5.74, 6) is 1.03. The first-order valence-corrected chi connectivity index (χ1v) is 11.9. The summed E-state index contributed by atoms with van der Waals surface area (Å²) in [6, 6.07) is 14.0. The number of anilines is 4. The summed E-state index contributed by atoms with van der Waals surface area (Å²) in [7, 11) is 0. The van der Waals surface area contributed by atoms with E-state index in [1.807, 2.05) is 12.1 Å². The molecular weight excluding hydrogens is 457 g/mol. The van der Waals surface area contributed by atoms with Crippen LogP contribution in [-0.4, -0.2) is 22.7 Å². The van der Waals surface area contributed by atoms with E-state index >= 15 is 0 Å². The van der Waals surface area contributed by atoms with Crippen molar-refractivity contribution in [3.05, 3.63) is 60.3 Å². The van der Waals surface area contributed by atoms with Crippen LogP contribution in [0.15, 0.2) is 54.7 Å². The Kier molecular flexibility index (Phi) is 7.94. The number of nitrogens with zero attached hydrogens (tertiary/aromatic N) is 2. The van der Waals surface area contributed by atoms with Crippen LogP contribution in [0.4, 0.5) is 36.3 Å². The highest BCUT2D eigenvalue weighted by molar-refractivity contribution is 5.64. The molecule has 0 unspecified atom stereocenters. The van der Waals surface area contributed by atoms with E-state index in [4.69, 9.17) is 9.47 Å². The number of hydrogen-bond donors (Lipinski definition) is 2. The minimum absolute atomic E-state index is 0.0420. The molecule has 1 fully saturated rings. The summed E-state index contributed by atoms with van der Waals surface area (Å²) < 4.78 is 52.5. The highest BCUT2D eigenvalue weighted by atomic mass is 19.4. The lowest BCUT2D eigenvalue weighted by Gasteiger charge is -2.16. The monoisotopic (exact) mass is 486 g/mol. The molecule has 4 rings (SSSR count). The Labute approximate surface area is 202 Å². The SMILES string of the molecule is CCCCOc1cccc(Nc2nc(Nc3ccc(OC4CCCC4)cc3)ncc2C(F)(F)F)c1. The lowest BCUT2D eigenvalue weighted by atomic mass is 10.2. The van der Waals surface area contributed by atoms with Gasteiger partial charge in [-0.25, -0.2) is 4.98 Å². The molecule has 1 aliphatic rings. The van der Waals surface area contributed by atoms with Crippen LogP contribution in [-0.2, 0) is 6.18 Å². The average Bonchev–Trinajstić information content (AvgIpc) is 3.33. The largest absolute Gasteiger partial charge is 0.494 e.